The quantitative estimate of drug-likeness (QED) is 0.178. The lowest BCUT2D eigenvalue weighted by Crippen LogP contribution is -2.10. The van der Waals surface area contributed by atoms with Gasteiger partial charge in [-0.05, 0) is 69.4 Å². The van der Waals surface area contributed by atoms with Crippen molar-refractivity contribution < 1.29 is 0 Å². The molecule has 1 nitrogen and oxygen atoms in total. The van der Waals surface area contributed by atoms with Crippen molar-refractivity contribution in [2.45, 2.75) is 0 Å². The highest BCUT2D eigenvalue weighted by atomic mass is 32.1. The molecule has 0 N–H and O–H groups in total. The zero-order valence-corrected chi connectivity index (χ0v) is 28.1. The van der Waals surface area contributed by atoms with Gasteiger partial charge in [0, 0.05) is 36.6 Å². The van der Waals surface area contributed by atoms with Crippen LogP contribution in [-0.4, -0.2) is 0 Å². The Kier molecular flexibility index (Phi) is 6.61. The summed E-state index contributed by atoms with van der Waals surface area (Å²) in [6.45, 7) is 0. The van der Waals surface area contributed by atoms with Gasteiger partial charge in [0.05, 0.1) is 20.8 Å². The van der Waals surface area contributed by atoms with Crippen molar-refractivity contribution in [1.82, 2.24) is 0 Å². The molecule has 0 unspecified atom stereocenters. The standard InChI is InChI=1S/C46H29NS2/c1-2-11-30(12-3-1)33-25-28-38-40-19-10-21-42(46(40)49-44(38)29-33)47(41-20-9-18-39-37-16-6-7-22-43(37)48-45(39)41)34-26-23-32(24-27-34)36-17-8-14-31-13-4-5-15-35(31)36/h1-29H. The molecule has 0 atom stereocenters. The molecule has 0 saturated heterocycles. The van der Waals surface area contributed by atoms with Crippen molar-refractivity contribution in [3.05, 3.63) is 176 Å². The lowest BCUT2D eigenvalue weighted by atomic mass is 9.98. The second-order valence-electron chi connectivity index (χ2n) is 12.5. The Morgan fingerprint density at radius 1 is 0.347 bits per heavy atom. The van der Waals surface area contributed by atoms with Gasteiger partial charge in [0.1, 0.15) is 0 Å². The van der Waals surface area contributed by atoms with E-state index in [0.29, 0.717) is 0 Å². The Morgan fingerprint density at radius 2 is 0.918 bits per heavy atom. The van der Waals surface area contributed by atoms with E-state index in [4.69, 9.17) is 0 Å². The molecule has 10 aromatic rings. The fourth-order valence-electron chi connectivity index (χ4n) is 7.35. The maximum absolute atomic E-state index is 2.49. The van der Waals surface area contributed by atoms with Crippen molar-refractivity contribution in [2.75, 3.05) is 4.90 Å². The van der Waals surface area contributed by atoms with Crippen LogP contribution < -0.4 is 4.90 Å². The summed E-state index contributed by atoms with van der Waals surface area (Å²) in [6, 6.07) is 64.3. The van der Waals surface area contributed by atoms with Crippen molar-refractivity contribution in [1.29, 1.82) is 0 Å². The number of anilines is 3. The number of hydrogen-bond donors (Lipinski definition) is 0. The molecule has 0 spiro atoms. The van der Waals surface area contributed by atoms with Crippen LogP contribution in [0.2, 0.25) is 0 Å². The molecule has 49 heavy (non-hydrogen) atoms. The van der Waals surface area contributed by atoms with Crippen LogP contribution in [0.1, 0.15) is 0 Å². The summed E-state index contributed by atoms with van der Waals surface area (Å²) < 4.78 is 5.20. The highest BCUT2D eigenvalue weighted by Crippen LogP contribution is 2.49. The summed E-state index contributed by atoms with van der Waals surface area (Å²) in [5, 5.41) is 7.73. The van der Waals surface area contributed by atoms with Crippen LogP contribution in [-0.2, 0) is 0 Å². The molecular formula is C46H29NS2. The first-order valence-electron chi connectivity index (χ1n) is 16.6. The average Bonchev–Trinajstić information content (AvgIpc) is 3.74. The summed E-state index contributed by atoms with van der Waals surface area (Å²) in [5.41, 5.74) is 8.50. The lowest BCUT2D eigenvalue weighted by Gasteiger charge is -2.27. The Balaban J connectivity index is 1.20. The molecule has 10 rings (SSSR count). The van der Waals surface area contributed by atoms with Gasteiger partial charge in [-0.25, -0.2) is 0 Å². The summed E-state index contributed by atoms with van der Waals surface area (Å²) in [7, 11) is 0. The van der Waals surface area contributed by atoms with Gasteiger partial charge in [-0.2, -0.15) is 0 Å². The molecule has 3 heteroatoms. The predicted molar refractivity (Wildman–Crippen MR) is 215 cm³/mol. The second kappa shape index (κ2) is 11.5. The van der Waals surface area contributed by atoms with Crippen LogP contribution in [0.15, 0.2) is 176 Å². The van der Waals surface area contributed by atoms with Gasteiger partial charge in [-0.15, -0.1) is 22.7 Å². The Morgan fingerprint density at radius 3 is 1.69 bits per heavy atom. The number of thiophene rings is 2. The number of hydrogen-bond acceptors (Lipinski definition) is 3. The largest absolute Gasteiger partial charge is 0.308 e. The number of nitrogens with zero attached hydrogens (tertiary/aromatic N) is 1. The predicted octanol–water partition coefficient (Wildman–Crippen LogP) is 14.4. The molecule has 0 aliphatic rings. The van der Waals surface area contributed by atoms with E-state index >= 15 is 0 Å². The van der Waals surface area contributed by atoms with E-state index in [9.17, 15) is 0 Å². The lowest BCUT2D eigenvalue weighted by molar-refractivity contribution is 1.32. The molecule has 8 aromatic carbocycles. The third-order valence-electron chi connectivity index (χ3n) is 9.68. The van der Waals surface area contributed by atoms with E-state index in [0.717, 1.165) is 5.69 Å². The Hall–Kier alpha value is -5.74. The van der Waals surface area contributed by atoms with Gasteiger partial charge in [-0.3, -0.25) is 0 Å². The maximum Gasteiger partial charge on any atom is 0.0640 e. The van der Waals surface area contributed by atoms with Gasteiger partial charge in [-0.1, -0.05) is 140 Å². The van der Waals surface area contributed by atoms with E-state index in [2.05, 4.69) is 181 Å². The van der Waals surface area contributed by atoms with E-state index < -0.39 is 0 Å². The summed E-state index contributed by atoms with van der Waals surface area (Å²) in [5.74, 6) is 0. The molecule has 0 amide bonds. The fourth-order valence-corrected chi connectivity index (χ4v) is 9.81. The normalized spacial score (nSPS) is 11.7. The van der Waals surface area contributed by atoms with Crippen molar-refractivity contribution in [3.63, 3.8) is 0 Å². The molecule has 2 aromatic heterocycles. The van der Waals surface area contributed by atoms with Crippen LogP contribution in [0, 0.1) is 0 Å². The van der Waals surface area contributed by atoms with Gasteiger partial charge in [0.2, 0.25) is 0 Å². The summed E-state index contributed by atoms with van der Waals surface area (Å²) >= 11 is 3.77. The van der Waals surface area contributed by atoms with Crippen LogP contribution >= 0.6 is 22.7 Å². The minimum absolute atomic E-state index is 1.14. The van der Waals surface area contributed by atoms with Gasteiger partial charge < -0.3 is 4.90 Å². The molecule has 0 aliphatic carbocycles. The van der Waals surface area contributed by atoms with E-state index in [-0.39, 0.29) is 0 Å². The fraction of sp³-hybridized carbons (Fsp3) is 0. The summed E-state index contributed by atoms with van der Waals surface area (Å²) in [4.78, 5) is 2.49. The molecule has 230 valence electrons. The van der Waals surface area contributed by atoms with Crippen LogP contribution in [0.4, 0.5) is 17.1 Å². The van der Waals surface area contributed by atoms with Crippen molar-refractivity contribution >= 4 is 90.9 Å². The highest BCUT2D eigenvalue weighted by Gasteiger charge is 2.21. The molecule has 2 heterocycles. The molecule has 0 saturated carbocycles. The second-order valence-corrected chi connectivity index (χ2v) is 14.6. The zero-order chi connectivity index (χ0) is 32.3. The molecule has 0 bridgehead atoms. The van der Waals surface area contributed by atoms with Crippen molar-refractivity contribution in [3.8, 4) is 22.3 Å². The van der Waals surface area contributed by atoms with Gasteiger partial charge >= 0.3 is 0 Å². The van der Waals surface area contributed by atoms with Crippen molar-refractivity contribution in [2.24, 2.45) is 0 Å². The van der Waals surface area contributed by atoms with Gasteiger partial charge in [0.15, 0.2) is 0 Å². The third-order valence-corrected chi connectivity index (χ3v) is 12.1. The monoisotopic (exact) mass is 659 g/mol. The Labute approximate surface area is 292 Å². The first-order chi connectivity index (χ1) is 24.3. The minimum Gasteiger partial charge on any atom is -0.308 e. The van der Waals surface area contributed by atoms with E-state index in [1.165, 1.54) is 84.7 Å². The third kappa shape index (κ3) is 4.66. The molecule has 0 radical (unpaired) electrons. The number of fused-ring (bicyclic) bond motifs is 7. The van der Waals surface area contributed by atoms with E-state index in [1.807, 2.05) is 22.7 Å². The smallest absolute Gasteiger partial charge is 0.0640 e. The SMILES string of the molecule is c1ccc(-c2ccc3c(c2)sc2c(N(c4ccc(-c5cccc6ccccc56)cc4)c4cccc5c4sc4ccccc45)cccc23)cc1. The molecule has 0 fully saturated rings. The number of benzene rings is 8. The van der Waals surface area contributed by atoms with E-state index in [1.54, 1.807) is 0 Å². The first kappa shape index (κ1) is 28.3. The summed E-state index contributed by atoms with van der Waals surface area (Å²) in [6.07, 6.45) is 0. The van der Waals surface area contributed by atoms with Gasteiger partial charge in [0.25, 0.3) is 0 Å². The zero-order valence-electron chi connectivity index (χ0n) is 26.5. The minimum atomic E-state index is 1.14. The van der Waals surface area contributed by atoms with Crippen LogP contribution in [0.5, 0.6) is 0 Å². The topological polar surface area (TPSA) is 3.24 Å². The van der Waals surface area contributed by atoms with Crippen LogP contribution in [0.25, 0.3) is 73.4 Å². The average molecular weight is 660 g/mol. The maximum atomic E-state index is 2.49. The number of rotatable bonds is 5. The molecular weight excluding hydrogens is 631 g/mol. The van der Waals surface area contributed by atoms with Crippen LogP contribution in [0.3, 0.4) is 0 Å². The Bertz CT molecular complexity index is 2820. The molecule has 0 aliphatic heterocycles. The first-order valence-corrected chi connectivity index (χ1v) is 18.2. The highest BCUT2D eigenvalue weighted by molar-refractivity contribution is 7.27.